The summed E-state index contributed by atoms with van der Waals surface area (Å²) >= 11 is 0. The summed E-state index contributed by atoms with van der Waals surface area (Å²) in [5.41, 5.74) is 0.658. The van der Waals surface area contributed by atoms with Gasteiger partial charge in [0.15, 0.2) is 0 Å². The molecule has 3 rings (SSSR count). The second-order valence-corrected chi connectivity index (χ2v) is 5.94. The third-order valence-corrected chi connectivity index (χ3v) is 4.30. The molecular formula is C19H18N2O2. The van der Waals surface area contributed by atoms with Gasteiger partial charge in [-0.25, -0.2) is 0 Å². The molecule has 1 saturated carbocycles. The Morgan fingerprint density at radius 1 is 1.22 bits per heavy atom. The minimum Gasteiger partial charge on any atom is -0.383 e. The Kier molecular flexibility index (Phi) is 4.14. The quantitative estimate of drug-likeness (QED) is 0.891. The van der Waals surface area contributed by atoms with E-state index in [0.29, 0.717) is 11.1 Å². The molecule has 2 N–H and O–H groups in total. The van der Waals surface area contributed by atoms with Crippen LogP contribution < -0.4 is 5.32 Å². The maximum Gasteiger partial charge on any atom is 0.251 e. The van der Waals surface area contributed by atoms with Crippen LogP contribution in [0.4, 0.5) is 0 Å². The van der Waals surface area contributed by atoms with Gasteiger partial charge in [-0.1, -0.05) is 36.4 Å². The molecule has 2 aromatic rings. The van der Waals surface area contributed by atoms with Crippen LogP contribution in [-0.2, 0) is 5.60 Å². The first-order valence-electron chi connectivity index (χ1n) is 7.70. The Hall–Kier alpha value is -2.64. The molecule has 4 nitrogen and oxygen atoms in total. The SMILES string of the molecule is N#Cc1cccc(C(=O)NC[C@](O)(c2ccccc2)C2CC2)c1. The number of hydrogen-bond acceptors (Lipinski definition) is 3. The molecule has 0 bridgehead atoms. The molecule has 4 heteroatoms. The molecular weight excluding hydrogens is 288 g/mol. The predicted molar refractivity (Wildman–Crippen MR) is 86.6 cm³/mol. The Balaban J connectivity index is 1.75. The van der Waals surface area contributed by atoms with Crippen molar-refractivity contribution in [3.63, 3.8) is 0 Å². The molecule has 0 aromatic heterocycles. The van der Waals surface area contributed by atoms with E-state index in [-0.39, 0.29) is 18.4 Å². The Labute approximate surface area is 135 Å². The van der Waals surface area contributed by atoms with Crippen molar-refractivity contribution in [1.82, 2.24) is 5.32 Å². The van der Waals surface area contributed by atoms with E-state index in [2.05, 4.69) is 5.32 Å². The van der Waals surface area contributed by atoms with Crippen LogP contribution in [0.2, 0.25) is 0 Å². The summed E-state index contributed by atoms with van der Waals surface area (Å²) in [5, 5.41) is 22.8. The highest BCUT2D eigenvalue weighted by Crippen LogP contribution is 2.45. The lowest BCUT2D eigenvalue weighted by atomic mass is 9.88. The van der Waals surface area contributed by atoms with Crippen molar-refractivity contribution in [1.29, 1.82) is 5.26 Å². The average molecular weight is 306 g/mol. The van der Waals surface area contributed by atoms with Crippen molar-refractivity contribution in [2.45, 2.75) is 18.4 Å². The number of rotatable bonds is 5. The van der Waals surface area contributed by atoms with Crippen molar-refractivity contribution in [2.75, 3.05) is 6.54 Å². The standard InChI is InChI=1S/C19H18N2O2/c20-12-14-5-4-6-15(11-14)18(22)21-13-19(23,17-9-10-17)16-7-2-1-3-8-16/h1-8,11,17,23H,9-10,13H2,(H,21,22)/t19-/m0/s1. The van der Waals surface area contributed by atoms with Gasteiger partial charge in [0.2, 0.25) is 0 Å². The van der Waals surface area contributed by atoms with Crippen LogP contribution >= 0.6 is 0 Å². The fourth-order valence-corrected chi connectivity index (χ4v) is 2.82. The normalized spacial score (nSPS) is 16.2. The van der Waals surface area contributed by atoms with Crippen molar-refractivity contribution >= 4 is 5.91 Å². The number of carbonyl (C=O) groups excluding carboxylic acids is 1. The zero-order valence-corrected chi connectivity index (χ0v) is 12.7. The number of nitrogens with zero attached hydrogens (tertiary/aromatic N) is 1. The van der Waals surface area contributed by atoms with Crippen molar-refractivity contribution < 1.29 is 9.90 Å². The van der Waals surface area contributed by atoms with Crippen LogP contribution in [0.25, 0.3) is 0 Å². The van der Waals surface area contributed by atoms with Crippen molar-refractivity contribution in [3.05, 3.63) is 71.3 Å². The third-order valence-electron chi connectivity index (χ3n) is 4.30. The number of hydrogen-bond donors (Lipinski definition) is 2. The molecule has 1 atom stereocenters. The molecule has 116 valence electrons. The lowest BCUT2D eigenvalue weighted by molar-refractivity contribution is 0.0135. The topological polar surface area (TPSA) is 73.1 Å². The first-order valence-corrected chi connectivity index (χ1v) is 7.70. The summed E-state index contributed by atoms with van der Waals surface area (Å²) in [6, 6.07) is 18.0. The molecule has 0 aliphatic heterocycles. The molecule has 0 unspecified atom stereocenters. The highest BCUT2D eigenvalue weighted by molar-refractivity contribution is 5.94. The van der Waals surface area contributed by atoms with Gasteiger partial charge in [0, 0.05) is 5.56 Å². The number of amides is 1. The van der Waals surface area contributed by atoms with Gasteiger partial charge in [-0.2, -0.15) is 5.26 Å². The molecule has 2 aromatic carbocycles. The first kappa shape index (κ1) is 15.3. The van der Waals surface area contributed by atoms with Crippen molar-refractivity contribution in [2.24, 2.45) is 5.92 Å². The van der Waals surface area contributed by atoms with E-state index in [1.165, 1.54) is 0 Å². The first-order chi connectivity index (χ1) is 11.1. The molecule has 1 fully saturated rings. The van der Waals surface area contributed by atoms with Gasteiger partial charge >= 0.3 is 0 Å². The van der Waals surface area contributed by atoms with Crippen LogP contribution in [0.1, 0.15) is 34.3 Å². The Morgan fingerprint density at radius 3 is 2.61 bits per heavy atom. The van der Waals surface area contributed by atoms with Gasteiger partial charge in [0.1, 0.15) is 5.60 Å². The minimum atomic E-state index is -1.04. The fourth-order valence-electron chi connectivity index (χ4n) is 2.82. The molecule has 0 radical (unpaired) electrons. The smallest absolute Gasteiger partial charge is 0.251 e. The zero-order valence-electron chi connectivity index (χ0n) is 12.7. The molecule has 0 heterocycles. The summed E-state index contributed by atoms with van der Waals surface area (Å²) in [4.78, 5) is 12.3. The van der Waals surface area contributed by atoms with E-state index in [1.54, 1.807) is 24.3 Å². The second-order valence-electron chi connectivity index (χ2n) is 5.94. The molecule has 1 aliphatic carbocycles. The summed E-state index contributed by atoms with van der Waals surface area (Å²) in [5.74, 6) is -0.104. The van der Waals surface area contributed by atoms with Gasteiger partial charge in [-0.3, -0.25) is 4.79 Å². The van der Waals surface area contributed by atoms with Gasteiger partial charge in [0.25, 0.3) is 5.91 Å². The van der Waals surface area contributed by atoms with Crippen LogP contribution in [0, 0.1) is 17.2 Å². The maximum atomic E-state index is 12.3. The number of aliphatic hydroxyl groups is 1. The van der Waals surface area contributed by atoms with E-state index in [9.17, 15) is 9.90 Å². The number of nitriles is 1. The summed E-state index contributed by atoms with van der Waals surface area (Å²) in [6.07, 6.45) is 1.93. The number of benzene rings is 2. The lowest BCUT2D eigenvalue weighted by Crippen LogP contribution is -2.42. The lowest BCUT2D eigenvalue weighted by Gasteiger charge is -2.29. The number of carbonyl (C=O) groups is 1. The minimum absolute atomic E-state index is 0.164. The fraction of sp³-hybridized carbons (Fsp3) is 0.263. The largest absolute Gasteiger partial charge is 0.383 e. The summed E-state index contributed by atoms with van der Waals surface area (Å²) < 4.78 is 0. The molecule has 1 amide bonds. The average Bonchev–Trinajstić information content (AvgIpc) is 3.45. The third kappa shape index (κ3) is 3.25. The van der Waals surface area contributed by atoms with E-state index in [0.717, 1.165) is 18.4 Å². The van der Waals surface area contributed by atoms with Crippen LogP contribution in [0.5, 0.6) is 0 Å². The van der Waals surface area contributed by atoms with Gasteiger partial charge in [0.05, 0.1) is 18.2 Å². The highest BCUT2D eigenvalue weighted by Gasteiger charge is 2.45. The number of nitrogens with one attached hydrogen (secondary N) is 1. The molecule has 0 spiro atoms. The monoisotopic (exact) mass is 306 g/mol. The van der Waals surface area contributed by atoms with E-state index in [4.69, 9.17) is 5.26 Å². The maximum absolute atomic E-state index is 12.3. The molecule has 0 saturated heterocycles. The van der Waals surface area contributed by atoms with E-state index in [1.807, 2.05) is 36.4 Å². The summed E-state index contributed by atoms with van der Waals surface area (Å²) in [6.45, 7) is 0.164. The van der Waals surface area contributed by atoms with Gasteiger partial charge in [-0.15, -0.1) is 0 Å². The van der Waals surface area contributed by atoms with Crippen LogP contribution in [0.3, 0.4) is 0 Å². The van der Waals surface area contributed by atoms with Crippen molar-refractivity contribution in [3.8, 4) is 6.07 Å². The summed E-state index contributed by atoms with van der Waals surface area (Å²) in [7, 11) is 0. The Bertz CT molecular complexity index is 747. The van der Waals surface area contributed by atoms with E-state index >= 15 is 0 Å². The Morgan fingerprint density at radius 2 is 1.96 bits per heavy atom. The van der Waals surface area contributed by atoms with Gasteiger partial charge in [-0.05, 0) is 42.5 Å². The highest BCUT2D eigenvalue weighted by atomic mass is 16.3. The predicted octanol–water partition coefficient (Wildman–Crippen LogP) is 2.59. The van der Waals surface area contributed by atoms with Crippen LogP contribution in [0.15, 0.2) is 54.6 Å². The van der Waals surface area contributed by atoms with Gasteiger partial charge < -0.3 is 10.4 Å². The second kappa shape index (κ2) is 6.23. The molecule has 1 aliphatic rings. The van der Waals surface area contributed by atoms with E-state index < -0.39 is 5.60 Å². The van der Waals surface area contributed by atoms with Crippen LogP contribution in [-0.4, -0.2) is 17.6 Å². The zero-order chi connectivity index (χ0) is 16.3. The molecule has 23 heavy (non-hydrogen) atoms.